The molecule has 0 atom stereocenters. The van der Waals surface area contributed by atoms with E-state index in [4.69, 9.17) is 10.5 Å². The molecule has 0 bridgehead atoms. The maximum absolute atomic E-state index is 5.73. The van der Waals surface area contributed by atoms with Crippen LogP contribution in [0.5, 0.6) is 5.88 Å². The van der Waals surface area contributed by atoms with Gasteiger partial charge in [-0.3, -0.25) is 0 Å². The van der Waals surface area contributed by atoms with Gasteiger partial charge in [0.2, 0.25) is 5.88 Å². The van der Waals surface area contributed by atoms with Crippen LogP contribution in [0.1, 0.15) is 27.2 Å². The van der Waals surface area contributed by atoms with Crippen molar-refractivity contribution in [2.24, 2.45) is 0 Å². The second-order valence-electron chi connectivity index (χ2n) is 3.83. The number of ether oxygens (including phenoxy) is 1. The smallest absolute Gasteiger partial charge is 0.219 e. The van der Waals surface area contributed by atoms with Gasteiger partial charge in [0.25, 0.3) is 0 Å². The molecule has 1 aromatic rings. The topological polar surface area (TPSA) is 61.0 Å². The van der Waals surface area contributed by atoms with E-state index in [0.29, 0.717) is 16.9 Å². The van der Waals surface area contributed by atoms with Gasteiger partial charge < -0.3 is 10.5 Å². The summed E-state index contributed by atoms with van der Waals surface area (Å²) in [5, 5.41) is 0.636. The van der Waals surface area contributed by atoms with Gasteiger partial charge in [0.15, 0.2) is 5.16 Å². The van der Waals surface area contributed by atoms with E-state index in [-0.39, 0.29) is 5.60 Å². The molecule has 0 unspecified atom stereocenters. The third kappa shape index (κ3) is 3.58. The molecule has 15 heavy (non-hydrogen) atoms. The van der Waals surface area contributed by atoms with Gasteiger partial charge in [-0.1, -0.05) is 18.7 Å². The number of thioether (sulfide) groups is 1. The predicted octanol–water partition coefficient (Wildman–Crippen LogP) is 2.35. The predicted molar refractivity (Wildman–Crippen MR) is 63.2 cm³/mol. The molecule has 84 valence electrons. The second-order valence-corrected chi connectivity index (χ2v) is 4.61. The van der Waals surface area contributed by atoms with Crippen LogP contribution in [0.25, 0.3) is 0 Å². The lowest BCUT2D eigenvalue weighted by molar-refractivity contribution is 0.0980. The molecule has 0 fully saturated rings. The standard InChI is InChI=1S/C10H17N3OS/c1-5-10(2,3)14-8-6-7(11)12-9(13-8)15-4/h6H,5H2,1-4H3,(H2,11,12,13). The lowest BCUT2D eigenvalue weighted by atomic mass is 10.1. The molecule has 0 amide bonds. The number of nitrogens with zero attached hydrogens (tertiary/aromatic N) is 2. The number of nitrogen functional groups attached to an aromatic ring is 1. The molecular formula is C10H17N3OS. The number of aromatic nitrogens is 2. The Morgan fingerprint density at radius 1 is 1.47 bits per heavy atom. The molecule has 4 nitrogen and oxygen atoms in total. The van der Waals surface area contributed by atoms with Gasteiger partial charge in [-0.15, -0.1) is 0 Å². The van der Waals surface area contributed by atoms with Gasteiger partial charge in [0.05, 0.1) is 0 Å². The monoisotopic (exact) mass is 227 g/mol. The minimum absolute atomic E-state index is 0.226. The van der Waals surface area contributed by atoms with Crippen LogP contribution in [0.15, 0.2) is 11.2 Å². The summed E-state index contributed by atoms with van der Waals surface area (Å²) in [6.07, 6.45) is 2.81. The van der Waals surface area contributed by atoms with Crippen molar-refractivity contribution in [2.45, 2.75) is 37.9 Å². The minimum Gasteiger partial charge on any atom is -0.471 e. The Hall–Kier alpha value is -0.970. The summed E-state index contributed by atoms with van der Waals surface area (Å²) in [4.78, 5) is 8.29. The number of nitrogens with two attached hydrogens (primary N) is 1. The average Bonchev–Trinajstić information content (AvgIpc) is 2.16. The molecule has 0 radical (unpaired) electrons. The molecule has 1 rings (SSSR count). The summed E-state index contributed by atoms with van der Waals surface area (Å²) < 4.78 is 5.73. The van der Waals surface area contributed by atoms with Crippen molar-refractivity contribution >= 4 is 17.6 Å². The summed E-state index contributed by atoms with van der Waals surface area (Å²) in [7, 11) is 0. The van der Waals surface area contributed by atoms with Crippen molar-refractivity contribution < 1.29 is 4.74 Å². The molecular weight excluding hydrogens is 210 g/mol. The van der Waals surface area contributed by atoms with E-state index in [2.05, 4.69) is 16.9 Å². The molecule has 0 saturated heterocycles. The summed E-state index contributed by atoms with van der Waals surface area (Å²) in [5.74, 6) is 0.981. The summed E-state index contributed by atoms with van der Waals surface area (Å²) in [5.41, 5.74) is 5.43. The fourth-order valence-electron chi connectivity index (χ4n) is 0.920. The highest BCUT2D eigenvalue weighted by molar-refractivity contribution is 7.98. The molecule has 0 saturated carbocycles. The van der Waals surface area contributed by atoms with Crippen LogP contribution in [0.2, 0.25) is 0 Å². The summed E-state index contributed by atoms with van der Waals surface area (Å²) >= 11 is 1.45. The van der Waals surface area contributed by atoms with Crippen LogP contribution in [0, 0.1) is 0 Å². The first-order valence-corrected chi connectivity index (χ1v) is 6.07. The Kier molecular flexibility index (Phi) is 3.79. The Balaban J connectivity index is 2.90. The van der Waals surface area contributed by atoms with Gasteiger partial charge in [0, 0.05) is 6.07 Å². The number of hydrogen-bond donors (Lipinski definition) is 1. The molecule has 1 aromatic heterocycles. The molecule has 0 aliphatic carbocycles. The molecule has 0 aromatic carbocycles. The highest BCUT2D eigenvalue weighted by Gasteiger charge is 2.18. The zero-order valence-corrected chi connectivity index (χ0v) is 10.4. The van der Waals surface area contributed by atoms with Gasteiger partial charge in [-0.25, -0.2) is 4.98 Å². The van der Waals surface area contributed by atoms with E-state index >= 15 is 0 Å². The van der Waals surface area contributed by atoms with Crippen LogP contribution in [0.3, 0.4) is 0 Å². The van der Waals surface area contributed by atoms with Gasteiger partial charge in [-0.2, -0.15) is 4.98 Å². The highest BCUT2D eigenvalue weighted by Crippen LogP contribution is 2.22. The summed E-state index contributed by atoms with van der Waals surface area (Å²) in [6, 6.07) is 1.65. The molecule has 0 aliphatic heterocycles. The first-order chi connectivity index (χ1) is 6.96. The van der Waals surface area contributed by atoms with Gasteiger partial charge >= 0.3 is 0 Å². The lowest BCUT2D eigenvalue weighted by Gasteiger charge is -2.24. The Morgan fingerprint density at radius 3 is 2.67 bits per heavy atom. The van der Waals surface area contributed by atoms with Crippen molar-refractivity contribution in [1.29, 1.82) is 0 Å². The van der Waals surface area contributed by atoms with E-state index in [1.807, 2.05) is 20.1 Å². The van der Waals surface area contributed by atoms with Crippen molar-refractivity contribution in [3.05, 3.63) is 6.07 Å². The third-order valence-electron chi connectivity index (χ3n) is 2.12. The van der Waals surface area contributed by atoms with E-state index < -0.39 is 0 Å². The van der Waals surface area contributed by atoms with Crippen LogP contribution in [0.4, 0.5) is 5.82 Å². The Labute approximate surface area is 94.6 Å². The number of anilines is 1. The quantitative estimate of drug-likeness (QED) is 0.632. The zero-order chi connectivity index (χ0) is 11.5. The SMILES string of the molecule is CCC(C)(C)Oc1cc(N)nc(SC)n1. The van der Waals surface area contributed by atoms with Gasteiger partial charge in [0.1, 0.15) is 11.4 Å². The number of hydrogen-bond acceptors (Lipinski definition) is 5. The molecule has 2 N–H and O–H groups in total. The maximum Gasteiger partial charge on any atom is 0.219 e. The van der Waals surface area contributed by atoms with E-state index in [0.717, 1.165) is 6.42 Å². The second kappa shape index (κ2) is 4.70. The third-order valence-corrected chi connectivity index (χ3v) is 2.66. The average molecular weight is 227 g/mol. The fourth-order valence-corrected chi connectivity index (χ4v) is 1.30. The number of rotatable bonds is 4. The van der Waals surface area contributed by atoms with Crippen LogP contribution >= 0.6 is 11.8 Å². The lowest BCUT2D eigenvalue weighted by Crippen LogP contribution is -2.27. The molecule has 5 heteroatoms. The molecule has 0 aliphatic rings. The van der Waals surface area contributed by atoms with Gasteiger partial charge in [-0.05, 0) is 26.5 Å². The fraction of sp³-hybridized carbons (Fsp3) is 0.600. The van der Waals surface area contributed by atoms with E-state index in [1.165, 1.54) is 11.8 Å². The minimum atomic E-state index is -0.226. The van der Waals surface area contributed by atoms with Crippen molar-refractivity contribution in [3.63, 3.8) is 0 Å². The van der Waals surface area contributed by atoms with Crippen molar-refractivity contribution in [1.82, 2.24) is 9.97 Å². The first-order valence-electron chi connectivity index (χ1n) is 4.84. The maximum atomic E-state index is 5.73. The van der Waals surface area contributed by atoms with E-state index in [9.17, 15) is 0 Å². The van der Waals surface area contributed by atoms with Crippen LogP contribution in [-0.2, 0) is 0 Å². The Bertz CT molecular complexity index is 341. The van der Waals surface area contributed by atoms with E-state index in [1.54, 1.807) is 6.07 Å². The first kappa shape index (κ1) is 12.1. The Morgan fingerprint density at radius 2 is 2.13 bits per heavy atom. The summed E-state index contributed by atoms with van der Waals surface area (Å²) in [6.45, 7) is 6.11. The van der Waals surface area contributed by atoms with Crippen LogP contribution in [-0.4, -0.2) is 21.8 Å². The zero-order valence-electron chi connectivity index (χ0n) is 9.57. The largest absolute Gasteiger partial charge is 0.471 e. The highest BCUT2D eigenvalue weighted by atomic mass is 32.2. The normalized spacial score (nSPS) is 11.5. The molecule has 1 heterocycles. The van der Waals surface area contributed by atoms with Crippen molar-refractivity contribution in [2.75, 3.05) is 12.0 Å². The molecule has 0 spiro atoms. The van der Waals surface area contributed by atoms with Crippen molar-refractivity contribution in [3.8, 4) is 5.88 Å². The van der Waals surface area contributed by atoms with Crippen LogP contribution < -0.4 is 10.5 Å².